The van der Waals surface area contributed by atoms with E-state index in [-0.39, 0.29) is 5.92 Å². The molecule has 0 N–H and O–H groups in total. The van der Waals surface area contributed by atoms with Crippen molar-refractivity contribution in [1.82, 2.24) is 0 Å². The first kappa shape index (κ1) is 15.5. The molecule has 0 aliphatic rings. The van der Waals surface area contributed by atoms with Crippen LogP contribution in [0.15, 0.2) is 60.7 Å². The SMILES string of the molecule is CC(C)CCCC(=O)C(c1ccccc1)c1ccccc1. The molecule has 21 heavy (non-hydrogen) atoms. The number of Topliss-reactive ketones (excluding diaryl/α,β-unsaturated/α-hetero) is 1. The van der Waals surface area contributed by atoms with Crippen LogP contribution in [0.1, 0.15) is 50.2 Å². The van der Waals surface area contributed by atoms with Crippen molar-refractivity contribution >= 4 is 5.78 Å². The molecule has 0 unspecified atom stereocenters. The number of ketones is 1. The molecular formula is C20H24O. The Morgan fingerprint density at radius 2 is 1.33 bits per heavy atom. The van der Waals surface area contributed by atoms with Crippen molar-refractivity contribution in [2.24, 2.45) is 5.92 Å². The molecule has 0 fully saturated rings. The summed E-state index contributed by atoms with van der Waals surface area (Å²) in [5.74, 6) is 0.859. The molecule has 110 valence electrons. The van der Waals surface area contributed by atoms with Crippen LogP contribution in [-0.4, -0.2) is 5.78 Å². The molecule has 0 heterocycles. The first-order valence-electron chi connectivity index (χ1n) is 7.81. The summed E-state index contributed by atoms with van der Waals surface area (Å²) in [6.07, 6.45) is 2.75. The average Bonchev–Trinajstić information content (AvgIpc) is 2.49. The van der Waals surface area contributed by atoms with Crippen LogP contribution < -0.4 is 0 Å². The zero-order valence-electron chi connectivity index (χ0n) is 13.0. The van der Waals surface area contributed by atoms with Gasteiger partial charge in [-0.3, -0.25) is 4.79 Å². The first-order valence-corrected chi connectivity index (χ1v) is 7.81. The molecular weight excluding hydrogens is 256 g/mol. The Hall–Kier alpha value is -1.89. The van der Waals surface area contributed by atoms with E-state index in [4.69, 9.17) is 0 Å². The topological polar surface area (TPSA) is 17.1 Å². The van der Waals surface area contributed by atoms with Crippen molar-refractivity contribution in [3.63, 3.8) is 0 Å². The minimum Gasteiger partial charge on any atom is -0.299 e. The Morgan fingerprint density at radius 3 is 1.76 bits per heavy atom. The normalized spacial score (nSPS) is 11.0. The Balaban J connectivity index is 2.19. The maximum atomic E-state index is 12.7. The zero-order chi connectivity index (χ0) is 15.1. The predicted molar refractivity (Wildman–Crippen MR) is 88.4 cm³/mol. The molecule has 0 atom stereocenters. The molecule has 2 aromatic rings. The molecule has 0 radical (unpaired) electrons. The fraction of sp³-hybridized carbons (Fsp3) is 0.350. The minimum atomic E-state index is -0.125. The number of carbonyl (C=O) groups is 1. The van der Waals surface area contributed by atoms with Crippen LogP contribution in [0.3, 0.4) is 0 Å². The molecule has 0 saturated heterocycles. The largest absolute Gasteiger partial charge is 0.299 e. The summed E-state index contributed by atoms with van der Waals surface area (Å²) in [6, 6.07) is 20.2. The van der Waals surface area contributed by atoms with Gasteiger partial charge in [-0.1, -0.05) is 80.9 Å². The average molecular weight is 280 g/mol. The fourth-order valence-electron chi connectivity index (χ4n) is 2.68. The van der Waals surface area contributed by atoms with E-state index in [0.29, 0.717) is 18.1 Å². The maximum absolute atomic E-state index is 12.7. The van der Waals surface area contributed by atoms with Crippen molar-refractivity contribution in [3.05, 3.63) is 71.8 Å². The standard InChI is InChI=1S/C20H24O/c1-16(2)10-9-15-19(21)20(17-11-5-3-6-12-17)18-13-7-4-8-14-18/h3-8,11-14,16,20H,9-10,15H2,1-2H3. The van der Waals surface area contributed by atoms with E-state index in [1.807, 2.05) is 36.4 Å². The van der Waals surface area contributed by atoms with Gasteiger partial charge in [-0.05, 0) is 23.5 Å². The molecule has 2 aromatic carbocycles. The Morgan fingerprint density at radius 1 is 0.857 bits per heavy atom. The van der Waals surface area contributed by atoms with Crippen LogP contribution in [-0.2, 0) is 4.79 Å². The van der Waals surface area contributed by atoms with E-state index >= 15 is 0 Å². The summed E-state index contributed by atoms with van der Waals surface area (Å²) >= 11 is 0. The fourth-order valence-corrected chi connectivity index (χ4v) is 2.68. The van der Waals surface area contributed by atoms with Crippen molar-refractivity contribution < 1.29 is 4.79 Å². The second-order valence-corrected chi connectivity index (χ2v) is 6.01. The predicted octanol–water partition coefficient (Wildman–Crippen LogP) is 5.21. The quantitative estimate of drug-likeness (QED) is 0.680. The van der Waals surface area contributed by atoms with Crippen molar-refractivity contribution in [2.45, 2.75) is 39.0 Å². The molecule has 2 rings (SSSR count). The molecule has 0 spiro atoms. The van der Waals surface area contributed by atoms with E-state index in [2.05, 4.69) is 38.1 Å². The van der Waals surface area contributed by atoms with E-state index in [0.717, 1.165) is 24.0 Å². The summed E-state index contributed by atoms with van der Waals surface area (Å²) in [5, 5.41) is 0. The number of hydrogen-bond acceptors (Lipinski definition) is 1. The third-order valence-electron chi connectivity index (χ3n) is 3.79. The van der Waals surface area contributed by atoms with Crippen molar-refractivity contribution in [2.75, 3.05) is 0 Å². The number of carbonyl (C=O) groups excluding carboxylic acids is 1. The van der Waals surface area contributed by atoms with Crippen LogP contribution in [0.4, 0.5) is 0 Å². The smallest absolute Gasteiger partial charge is 0.144 e. The highest BCUT2D eigenvalue weighted by atomic mass is 16.1. The highest BCUT2D eigenvalue weighted by molar-refractivity contribution is 5.89. The van der Waals surface area contributed by atoms with E-state index < -0.39 is 0 Å². The molecule has 0 saturated carbocycles. The van der Waals surface area contributed by atoms with Gasteiger partial charge in [-0.2, -0.15) is 0 Å². The Kier molecular flexibility index (Phi) is 5.74. The lowest BCUT2D eigenvalue weighted by Crippen LogP contribution is -2.14. The van der Waals surface area contributed by atoms with Crippen LogP contribution in [0.2, 0.25) is 0 Å². The van der Waals surface area contributed by atoms with E-state index in [1.54, 1.807) is 0 Å². The molecule has 0 aromatic heterocycles. The lowest BCUT2D eigenvalue weighted by atomic mass is 9.85. The number of rotatable bonds is 7. The summed E-state index contributed by atoms with van der Waals surface area (Å²) in [5.41, 5.74) is 2.19. The van der Waals surface area contributed by atoms with Gasteiger partial charge in [0.1, 0.15) is 5.78 Å². The molecule has 1 nitrogen and oxygen atoms in total. The van der Waals surface area contributed by atoms with Crippen LogP contribution in [0.5, 0.6) is 0 Å². The third kappa shape index (κ3) is 4.56. The monoisotopic (exact) mass is 280 g/mol. The Labute approximate surface area is 128 Å². The molecule has 0 aliphatic carbocycles. The van der Waals surface area contributed by atoms with Gasteiger partial charge in [0.05, 0.1) is 5.92 Å². The maximum Gasteiger partial charge on any atom is 0.144 e. The van der Waals surface area contributed by atoms with Crippen LogP contribution >= 0.6 is 0 Å². The summed E-state index contributed by atoms with van der Waals surface area (Å²) < 4.78 is 0. The first-order chi connectivity index (χ1) is 10.2. The van der Waals surface area contributed by atoms with Crippen LogP contribution in [0, 0.1) is 5.92 Å². The van der Waals surface area contributed by atoms with Gasteiger partial charge in [0.15, 0.2) is 0 Å². The highest BCUT2D eigenvalue weighted by Gasteiger charge is 2.21. The van der Waals surface area contributed by atoms with Gasteiger partial charge >= 0.3 is 0 Å². The van der Waals surface area contributed by atoms with Gasteiger partial charge in [-0.25, -0.2) is 0 Å². The van der Waals surface area contributed by atoms with Gasteiger partial charge in [0.2, 0.25) is 0 Å². The number of hydrogen-bond donors (Lipinski definition) is 0. The molecule has 1 heteroatoms. The second-order valence-electron chi connectivity index (χ2n) is 6.01. The molecule has 0 amide bonds. The zero-order valence-corrected chi connectivity index (χ0v) is 13.0. The summed E-state index contributed by atoms with van der Waals surface area (Å²) in [7, 11) is 0. The summed E-state index contributed by atoms with van der Waals surface area (Å²) in [4.78, 5) is 12.7. The molecule has 0 bridgehead atoms. The van der Waals surface area contributed by atoms with Gasteiger partial charge in [0, 0.05) is 6.42 Å². The third-order valence-corrected chi connectivity index (χ3v) is 3.79. The second kappa shape index (κ2) is 7.78. The lowest BCUT2D eigenvalue weighted by molar-refractivity contribution is -0.119. The summed E-state index contributed by atoms with van der Waals surface area (Å²) in [6.45, 7) is 4.41. The van der Waals surface area contributed by atoms with Crippen molar-refractivity contribution in [3.8, 4) is 0 Å². The van der Waals surface area contributed by atoms with Gasteiger partial charge < -0.3 is 0 Å². The van der Waals surface area contributed by atoms with Crippen molar-refractivity contribution in [1.29, 1.82) is 0 Å². The molecule has 0 aliphatic heterocycles. The Bertz CT molecular complexity index is 503. The van der Waals surface area contributed by atoms with E-state index in [1.165, 1.54) is 0 Å². The van der Waals surface area contributed by atoms with Gasteiger partial charge in [-0.15, -0.1) is 0 Å². The van der Waals surface area contributed by atoms with Crippen LogP contribution in [0.25, 0.3) is 0 Å². The van der Waals surface area contributed by atoms with Gasteiger partial charge in [0.25, 0.3) is 0 Å². The lowest BCUT2D eigenvalue weighted by Gasteiger charge is -2.17. The minimum absolute atomic E-state index is 0.125. The van der Waals surface area contributed by atoms with E-state index in [9.17, 15) is 4.79 Å². The number of benzene rings is 2. The highest BCUT2D eigenvalue weighted by Crippen LogP contribution is 2.27.